The average Bonchev–Trinajstić information content (AvgIpc) is 2.11. The lowest BCUT2D eigenvalue weighted by molar-refractivity contribution is -0.116. The quantitative estimate of drug-likeness (QED) is 0.381. The van der Waals surface area contributed by atoms with E-state index in [4.69, 9.17) is 5.14 Å². The van der Waals surface area contributed by atoms with Crippen molar-refractivity contribution in [2.45, 2.75) is 13.3 Å². The predicted molar refractivity (Wildman–Crippen MR) is 59.6 cm³/mol. The number of amides is 1. The van der Waals surface area contributed by atoms with Crippen LogP contribution in [0, 0.1) is 0 Å². The first-order chi connectivity index (χ1) is 6.95. The smallest absolute Gasteiger partial charge is 0.243 e. The number of rotatable bonds is 6. The molecule has 0 unspecified atom stereocenters. The van der Waals surface area contributed by atoms with Crippen LogP contribution in [0.15, 0.2) is 24.3 Å². The zero-order valence-electron chi connectivity index (χ0n) is 8.64. The van der Waals surface area contributed by atoms with Crippen LogP contribution >= 0.6 is 0 Å². The van der Waals surface area contributed by atoms with Crippen LogP contribution in [-0.2, 0) is 14.8 Å². The molecule has 15 heavy (non-hydrogen) atoms. The van der Waals surface area contributed by atoms with Crippen LogP contribution in [0.5, 0.6) is 0 Å². The molecule has 1 amide bonds. The largest absolute Gasteiger partial charge is 0.353 e. The van der Waals surface area contributed by atoms with Gasteiger partial charge in [-0.3, -0.25) is 4.79 Å². The zero-order chi connectivity index (χ0) is 11.7. The number of carbonyl (C=O) groups excluding carboxylic acids is 1. The Bertz CT molecular complexity index is 344. The standard InChI is InChI=1S/C9H16N2O3S/c1-2-3-4-6-9(12)11-7-5-8-15(10,13)14/h2-4,6H,5,7-8H2,1H3,(H,11,12)(H2,10,13,14)/b3-2+,6-4+. The summed E-state index contributed by atoms with van der Waals surface area (Å²) in [6, 6.07) is 0. The number of hydrogen-bond donors (Lipinski definition) is 2. The second-order valence-corrected chi connectivity index (χ2v) is 4.63. The van der Waals surface area contributed by atoms with Crippen LogP contribution in [0.25, 0.3) is 0 Å². The van der Waals surface area contributed by atoms with E-state index in [1.54, 1.807) is 18.2 Å². The first kappa shape index (κ1) is 13.9. The third-order valence-electron chi connectivity index (χ3n) is 1.46. The van der Waals surface area contributed by atoms with Gasteiger partial charge in [0, 0.05) is 12.6 Å². The third kappa shape index (κ3) is 10.8. The monoisotopic (exact) mass is 232 g/mol. The molecular weight excluding hydrogens is 216 g/mol. The number of hydrogen-bond acceptors (Lipinski definition) is 3. The van der Waals surface area contributed by atoms with Crippen molar-refractivity contribution in [2.24, 2.45) is 5.14 Å². The Balaban J connectivity index is 3.65. The summed E-state index contributed by atoms with van der Waals surface area (Å²) < 4.78 is 21.1. The SMILES string of the molecule is C/C=C/C=C/C(=O)NCCCS(N)(=O)=O. The van der Waals surface area contributed by atoms with Gasteiger partial charge in [-0.1, -0.05) is 18.2 Å². The Morgan fingerprint density at radius 3 is 2.60 bits per heavy atom. The number of sulfonamides is 1. The summed E-state index contributed by atoms with van der Waals surface area (Å²) in [5.74, 6) is -0.367. The highest BCUT2D eigenvalue weighted by molar-refractivity contribution is 7.89. The fourth-order valence-corrected chi connectivity index (χ4v) is 1.34. The van der Waals surface area contributed by atoms with E-state index in [0.29, 0.717) is 13.0 Å². The summed E-state index contributed by atoms with van der Waals surface area (Å²) in [5, 5.41) is 7.32. The van der Waals surface area contributed by atoms with E-state index >= 15 is 0 Å². The summed E-state index contributed by atoms with van der Waals surface area (Å²) in [4.78, 5) is 11.0. The van der Waals surface area contributed by atoms with E-state index in [1.807, 2.05) is 6.92 Å². The Kier molecular flexibility index (Phi) is 6.64. The third-order valence-corrected chi connectivity index (χ3v) is 2.31. The molecule has 0 fully saturated rings. The molecule has 0 aliphatic carbocycles. The summed E-state index contributed by atoms with van der Waals surface area (Å²) in [6.45, 7) is 2.14. The van der Waals surface area contributed by atoms with Crippen LogP contribution in [0.4, 0.5) is 0 Å². The number of allylic oxidation sites excluding steroid dienone is 3. The van der Waals surface area contributed by atoms with E-state index < -0.39 is 10.0 Å². The maximum absolute atomic E-state index is 11.0. The lowest BCUT2D eigenvalue weighted by Crippen LogP contribution is -2.25. The maximum atomic E-state index is 11.0. The van der Waals surface area contributed by atoms with Gasteiger partial charge in [0.2, 0.25) is 15.9 Å². The highest BCUT2D eigenvalue weighted by Gasteiger charge is 2.01. The molecular formula is C9H16N2O3S. The number of nitrogens with two attached hydrogens (primary N) is 1. The van der Waals surface area contributed by atoms with E-state index in [-0.39, 0.29) is 11.7 Å². The topological polar surface area (TPSA) is 89.3 Å². The van der Waals surface area contributed by atoms with Gasteiger partial charge in [-0.25, -0.2) is 13.6 Å². The molecule has 3 N–H and O–H groups in total. The average molecular weight is 232 g/mol. The first-order valence-corrected chi connectivity index (χ1v) is 6.25. The van der Waals surface area contributed by atoms with Crippen molar-refractivity contribution in [3.63, 3.8) is 0 Å². The molecule has 0 saturated carbocycles. The molecule has 0 spiro atoms. The van der Waals surface area contributed by atoms with Crippen molar-refractivity contribution >= 4 is 15.9 Å². The Morgan fingerprint density at radius 2 is 2.07 bits per heavy atom. The zero-order valence-corrected chi connectivity index (χ0v) is 9.46. The summed E-state index contributed by atoms with van der Waals surface area (Å²) in [6.07, 6.45) is 6.82. The Morgan fingerprint density at radius 1 is 1.40 bits per heavy atom. The van der Waals surface area contributed by atoms with Crippen molar-refractivity contribution in [3.05, 3.63) is 24.3 Å². The van der Waals surface area contributed by atoms with Crippen LogP contribution in [-0.4, -0.2) is 26.6 Å². The molecule has 0 rings (SSSR count). The molecule has 86 valence electrons. The van der Waals surface area contributed by atoms with Gasteiger partial charge in [0.25, 0.3) is 0 Å². The van der Waals surface area contributed by atoms with Crippen LogP contribution in [0.1, 0.15) is 13.3 Å². The molecule has 0 radical (unpaired) electrons. The van der Waals surface area contributed by atoms with Gasteiger partial charge in [-0.05, 0) is 13.3 Å². The normalized spacial score (nSPS) is 12.4. The summed E-state index contributed by atoms with van der Waals surface area (Å²) in [5.41, 5.74) is 0. The minimum absolute atomic E-state index is 0.119. The molecule has 0 aliphatic rings. The molecule has 0 saturated heterocycles. The lowest BCUT2D eigenvalue weighted by Gasteiger charge is -2.00. The predicted octanol–water partition coefficient (Wildman–Crippen LogP) is -0.0865. The molecule has 0 aromatic heterocycles. The lowest BCUT2D eigenvalue weighted by atomic mass is 10.4. The van der Waals surface area contributed by atoms with Gasteiger partial charge in [-0.15, -0.1) is 0 Å². The van der Waals surface area contributed by atoms with Gasteiger partial charge < -0.3 is 5.32 Å². The maximum Gasteiger partial charge on any atom is 0.243 e. The molecule has 5 nitrogen and oxygen atoms in total. The van der Waals surface area contributed by atoms with Crippen LogP contribution in [0.3, 0.4) is 0 Å². The number of primary sulfonamides is 1. The summed E-state index contributed by atoms with van der Waals surface area (Å²) >= 11 is 0. The Hall–Kier alpha value is -1.14. The highest BCUT2D eigenvalue weighted by atomic mass is 32.2. The van der Waals surface area contributed by atoms with E-state index in [9.17, 15) is 13.2 Å². The molecule has 0 atom stereocenters. The van der Waals surface area contributed by atoms with E-state index in [2.05, 4.69) is 5.32 Å². The van der Waals surface area contributed by atoms with Crippen LogP contribution in [0.2, 0.25) is 0 Å². The van der Waals surface area contributed by atoms with Crippen molar-refractivity contribution in [2.75, 3.05) is 12.3 Å². The van der Waals surface area contributed by atoms with Gasteiger partial charge in [0.1, 0.15) is 0 Å². The van der Waals surface area contributed by atoms with Crippen molar-refractivity contribution in [3.8, 4) is 0 Å². The highest BCUT2D eigenvalue weighted by Crippen LogP contribution is 1.84. The van der Waals surface area contributed by atoms with E-state index in [0.717, 1.165) is 0 Å². The Labute approximate surface area is 90.1 Å². The fraction of sp³-hybridized carbons (Fsp3) is 0.444. The molecule has 0 heterocycles. The minimum atomic E-state index is -3.42. The fourth-order valence-electron chi connectivity index (χ4n) is 0.798. The van der Waals surface area contributed by atoms with Crippen molar-refractivity contribution in [1.82, 2.24) is 5.32 Å². The molecule has 0 bridgehead atoms. The minimum Gasteiger partial charge on any atom is -0.353 e. The van der Waals surface area contributed by atoms with Gasteiger partial charge >= 0.3 is 0 Å². The van der Waals surface area contributed by atoms with Gasteiger partial charge in [0.05, 0.1) is 5.75 Å². The number of nitrogens with one attached hydrogen (secondary N) is 1. The molecule has 0 aromatic rings. The van der Waals surface area contributed by atoms with Gasteiger partial charge in [-0.2, -0.15) is 0 Å². The van der Waals surface area contributed by atoms with Gasteiger partial charge in [0.15, 0.2) is 0 Å². The molecule has 0 aromatic carbocycles. The molecule has 0 aliphatic heterocycles. The second kappa shape index (κ2) is 7.19. The first-order valence-electron chi connectivity index (χ1n) is 4.53. The van der Waals surface area contributed by atoms with Crippen molar-refractivity contribution < 1.29 is 13.2 Å². The molecule has 6 heteroatoms. The van der Waals surface area contributed by atoms with Crippen LogP contribution < -0.4 is 10.5 Å². The van der Waals surface area contributed by atoms with Crippen molar-refractivity contribution in [1.29, 1.82) is 0 Å². The summed E-state index contributed by atoms with van der Waals surface area (Å²) in [7, 11) is -3.42. The number of carbonyl (C=O) groups is 1. The second-order valence-electron chi connectivity index (χ2n) is 2.90. The van der Waals surface area contributed by atoms with E-state index in [1.165, 1.54) is 6.08 Å².